The first-order valence-electron chi connectivity index (χ1n) is 12.2. The molecule has 0 radical (unpaired) electrons. The van der Waals surface area contributed by atoms with Crippen LogP contribution in [0.1, 0.15) is 22.3 Å². The summed E-state index contributed by atoms with van der Waals surface area (Å²) in [4.78, 5) is 33.4. The number of halogens is 2. The van der Waals surface area contributed by atoms with Gasteiger partial charge in [0, 0.05) is 57.1 Å². The molecule has 2 aliphatic rings. The summed E-state index contributed by atoms with van der Waals surface area (Å²) in [6, 6.07) is 19.9. The monoisotopic (exact) mass is 490 g/mol. The molecule has 0 unspecified atom stereocenters. The van der Waals surface area contributed by atoms with Crippen LogP contribution in [-0.2, 0) is 6.54 Å². The minimum absolute atomic E-state index is 0.0716. The second-order valence-corrected chi connectivity index (χ2v) is 9.11. The first-order valence-corrected chi connectivity index (χ1v) is 12.2. The van der Waals surface area contributed by atoms with Gasteiger partial charge in [0.15, 0.2) is 0 Å². The highest BCUT2D eigenvalue weighted by Gasteiger charge is 2.28. The fraction of sp³-hybridized carbons (Fsp3) is 0.286. The molecule has 186 valence electrons. The molecule has 0 aliphatic carbocycles. The molecule has 2 heterocycles. The molecule has 8 heteroatoms. The van der Waals surface area contributed by atoms with E-state index in [-0.39, 0.29) is 23.6 Å². The molecule has 0 aromatic heterocycles. The Morgan fingerprint density at radius 1 is 0.778 bits per heavy atom. The fourth-order valence-corrected chi connectivity index (χ4v) is 4.80. The van der Waals surface area contributed by atoms with Crippen molar-refractivity contribution in [2.24, 2.45) is 0 Å². The number of hydrogen-bond acceptors (Lipinski definition) is 3. The quantitative estimate of drug-likeness (QED) is 0.518. The Hall–Kier alpha value is -3.94. The van der Waals surface area contributed by atoms with Crippen molar-refractivity contribution in [3.05, 3.63) is 95.6 Å². The molecule has 3 aromatic carbocycles. The molecule has 3 amide bonds. The summed E-state index contributed by atoms with van der Waals surface area (Å²) in [5.74, 6) is -0.624. The summed E-state index contributed by atoms with van der Waals surface area (Å²) in [6.45, 7) is 3.82. The van der Waals surface area contributed by atoms with Gasteiger partial charge in [0.2, 0.25) is 0 Å². The Morgan fingerprint density at radius 2 is 1.47 bits per heavy atom. The van der Waals surface area contributed by atoms with Crippen LogP contribution in [0.3, 0.4) is 0 Å². The number of carbonyl (C=O) groups excluding carboxylic acids is 2. The van der Waals surface area contributed by atoms with Gasteiger partial charge in [-0.15, -0.1) is 0 Å². The Kier molecular flexibility index (Phi) is 6.84. The lowest BCUT2D eigenvalue weighted by Gasteiger charge is -2.36. The summed E-state index contributed by atoms with van der Waals surface area (Å²) in [6.07, 6.45) is 0.819. The number of benzene rings is 3. The van der Waals surface area contributed by atoms with Crippen molar-refractivity contribution in [1.82, 2.24) is 9.80 Å². The highest BCUT2D eigenvalue weighted by atomic mass is 19.1. The molecule has 0 spiro atoms. The van der Waals surface area contributed by atoms with Crippen molar-refractivity contribution >= 4 is 23.3 Å². The van der Waals surface area contributed by atoms with Crippen molar-refractivity contribution in [1.29, 1.82) is 0 Å². The minimum atomic E-state index is -0.299. The van der Waals surface area contributed by atoms with Crippen LogP contribution >= 0.6 is 0 Å². The summed E-state index contributed by atoms with van der Waals surface area (Å²) < 4.78 is 27.3. The standard InChI is InChI=1S/C28H28F2N4O2/c29-23-10-6-21(7-11-23)20-33-14-3-15-34(28(33)36)24-12-8-22(9-13-24)27(35)32-18-16-31(17-19-32)26-5-2-1-4-25(26)30/h1-2,4-13H,3,14-20H2. The zero-order valence-corrected chi connectivity index (χ0v) is 19.9. The van der Waals surface area contributed by atoms with E-state index in [1.807, 2.05) is 23.1 Å². The number of rotatable bonds is 5. The molecule has 36 heavy (non-hydrogen) atoms. The van der Waals surface area contributed by atoms with E-state index in [1.54, 1.807) is 51.1 Å². The van der Waals surface area contributed by atoms with Gasteiger partial charge in [0.05, 0.1) is 5.69 Å². The van der Waals surface area contributed by atoms with E-state index < -0.39 is 0 Å². The largest absolute Gasteiger partial charge is 0.366 e. The van der Waals surface area contributed by atoms with Crippen LogP contribution in [-0.4, -0.2) is 61.0 Å². The van der Waals surface area contributed by atoms with E-state index in [9.17, 15) is 18.4 Å². The molecule has 6 nitrogen and oxygen atoms in total. The first kappa shape index (κ1) is 23.8. The van der Waals surface area contributed by atoms with Gasteiger partial charge in [-0.2, -0.15) is 0 Å². The molecule has 3 aromatic rings. The Bertz CT molecular complexity index is 1230. The van der Waals surface area contributed by atoms with Crippen molar-refractivity contribution in [2.75, 3.05) is 49.1 Å². The number of carbonyl (C=O) groups is 2. The van der Waals surface area contributed by atoms with Gasteiger partial charge in [-0.1, -0.05) is 24.3 Å². The van der Waals surface area contributed by atoms with E-state index in [1.165, 1.54) is 18.2 Å². The summed E-state index contributed by atoms with van der Waals surface area (Å²) >= 11 is 0. The number of piperazine rings is 1. The van der Waals surface area contributed by atoms with E-state index in [0.29, 0.717) is 57.1 Å². The average Bonchev–Trinajstić information content (AvgIpc) is 2.91. The van der Waals surface area contributed by atoms with Crippen molar-refractivity contribution in [3.63, 3.8) is 0 Å². The summed E-state index contributed by atoms with van der Waals surface area (Å²) in [5, 5.41) is 0. The number of anilines is 2. The highest BCUT2D eigenvalue weighted by molar-refractivity contribution is 5.96. The lowest BCUT2D eigenvalue weighted by atomic mass is 10.1. The van der Waals surface area contributed by atoms with Crippen LogP contribution in [0, 0.1) is 11.6 Å². The highest BCUT2D eigenvalue weighted by Crippen LogP contribution is 2.24. The molecule has 2 saturated heterocycles. The van der Waals surface area contributed by atoms with Gasteiger partial charge < -0.3 is 14.7 Å². The van der Waals surface area contributed by atoms with Crippen LogP contribution in [0.2, 0.25) is 0 Å². The molecule has 0 bridgehead atoms. The predicted molar refractivity (Wildman–Crippen MR) is 135 cm³/mol. The van der Waals surface area contributed by atoms with E-state index in [4.69, 9.17) is 0 Å². The molecular weight excluding hydrogens is 462 g/mol. The van der Waals surface area contributed by atoms with E-state index >= 15 is 0 Å². The van der Waals surface area contributed by atoms with Crippen LogP contribution in [0.25, 0.3) is 0 Å². The minimum Gasteiger partial charge on any atom is -0.366 e. The van der Waals surface area contributed by atoms with Gasteiger partial charge in [0.1, 0.15) is 11.6 Å². The molecule has 0 saturated carbocycles. The van der Waals surface area contributed by atoms with Gasteiger partial charge in [-0.3, -0.25) is 9.69 Å². The number of para-hydroxylation sites is 1. The van der Waals surface area contributed by atoms with Gasteiger partial charge in [-0.05, 0) is 60.5 Å². The maximum absolute atomic E-state index is 14.1. The Labute approximate surface area is 209 Å². The zero-order chi connectivity index (χ0) is 25.1. The van der Waals surface area contributed by atoms with Crippen LogP contribution < -0.4 is 9.80 Å². The van der Waals surface area contributed by atoms with Gasteiger partial charge in [-0.25, -0.2) is 13.6 Å². The number of hydrogen-bond donors (Lipinski definition) is 0. The first-order chi connectivity index (χ1) is 17.5. The van der Waals surface area contributed by atoms with Crippen LogP contribution in [0.4, 0.5) is 25.0 Å². The lowest BCUT2D eigenvalue weighted by molar-refractivity contribution is 0.0746. The topological polar surface area (TPSA) is 47.1 Å². The molecular formula is C28H28F2N4O2. The average molecular weight is 491 g/mol. The maximum Gasteiger partial charge on any atom is 0.324 e. The normalized spacial score (nSPS) is 16.4. The zero-order valence-electron chi connectivity index (χ0n) is 19.9. The second kappa shape index (κ2) is 10.4. The third-order valence-corrected chi connectivity index (χ3v) is 6.78. The van der Waals surface area contributed by atoms with Gasteiger partial charge >= 0.3 is 6.03 Å². The molecule has 2 aliphatic heterocycles. The third-order valence-electron chi connectivity index (χ3n) is 6.78. The Balaban J connectivity index is 1.20. The fourth-order valence-electron chi connectivity index (χ4n) is 4.80. The van der Waals surface area contributed by atoms with Crippen LogP contribution in [0.5, 0.6) is 0 Å². The lowest BCUT2D eigenvalue weighted by Crippen LogP contribution is -2.49. The maximum atomic E-state index is 14.1. The van der Waals surface area contributed by atoms with Crippen molar-refractivity contribution in [3.8, 4) is 0 Å². The summed E-state index contributed by atoms with van der Waals surface area (Å²) in [5.41, 5.74) is 2.74. The molecule has 2 fully saturated rings. The predicted octanol–water partition coefficient (Wildman–Crippen LogP) is 4.76. The Morgan fingerprint density at radius 3 is 2.17 bits per heavy atom. The smallest absolute Gasteiger partial charge is 0.324 e. The van der Waals surface area contributed by atoms with E-state index in [2.05, 4.69) is 0 Å². The van der Waals surface area contributed by atoms with Crippen molar-refractivity contribution in [2.45, 2.75) is 13.0 Å². The number of nitrogens with zero attached hydrogens (tertiary/aromatic N) is 4. The van der Waals surface area contributed by atoms with Crippen molar-refractivity contribution < 1.29 is 18.4 Å². The molecule has 5 rings (SSSR count). The third kappa shape index (κ3) is 5.03. The van der Waals surface area contributed by atoms with Crippen LogP contribution in [0.15, 0.2) is 72.8 Å². The summed E-state index contributed by atoms with van der Waals surface area (Å²) in [7, 11) is 0. The van der Waals surface area contributed by atoms with Gasteiger partial charge in [0.25, 0.3) is 5.91 Å². The second-order valence-electron chi connectivity index (χ2n) is 9.11. The molecule has 0 atom stereocenters. The number of amides is 3. The number of urea groups is 1. The SMILES string of the molecule is O=C(c1ccc(N2CCCN(Cc3ccc(F)cc3)C2=O)cc1)N1CCN(c2ccccc2F)CC1. The van der Waals surface area contributed by atoms with E-state index in [0.717, 1.165) is 17.7 Å². The molecule has 0 N–H and O–H groups in total.